The Morgan fingerprint density at radius 3 is 2.67 bits per heavy atom. The molecule has 7 rings (SSSR count). The maximum atomic E-state index is 11.9. The van der Waals surface area contributed by atoms with Gasteiger partial charge in [-0.05, 0) is 84.2 Å². The first-order valence-corrected chi connectivity index (χ1v) is 17.7. The molecule has 1 aliphatic carbocycles. The predicted octanol–water partition coefficient (Wildman–Crippen LogP) is 6.94. The van der Waals surface area contributed by atoms with Crippen LogP contribution in [0.25, 0.3) is 11.0 Å². The molecule has 3 fully saturated rings. The number of piperidine rings is 1. The molecule has 3 aliphatic rings. The summed E-state index contributed by atoms with van der Waals surface area (Å²) in [6.07, 6.45) is 12.9. The number of pyridine rings is 1. The van der Waals surface area contributed by atoms with Crippen molar-refractivity contribution in [3.63, 3.8) is 0 Å². The Balaban J connectivity index is 1.02. The van der Waals surface area contributed by atoms with Crippen molar-refractivity contribution in [2.45, 2.75) is 57.5 Å². The molecule has 2 aliphatic heterocycles. The molecule has 3 N–H and O–H groups in total. The van der Waals surface area contributed by atoms with E-state index in [0.717, 1.165) is 67.8 Å². The van der Waals surface area contributed by atoms with Crippen molar-refractivity contribution >= 4 is 29.2 Å². The second kappa shape index (κ2) is 14.2. The van der Waals surface area contributed by atoms with Crippen LogP contribution in [0.1, 0.15) is 73.0 Å². The summed E-state index contributed by atoms with van der Waals surface area (Å²) in [5.41, 5.74) is 12.8. The van der Waals surface area contributed by atoms with E-state index in [4.69, 9.17) is 10.5 Å². The molecule has 0 unspecified atom stereocenters. The predicted molar refractivity (Wildman–Crippen MR) is 198 cm³/mol. The molecule has 2 aromatic heterocycles. The molecule has 1 saturated carbocycles. The average molecular weight is 660 g/mol. The number of carbonyl (C=O) groups is 1. The summed E-state index contributed by atoms with van der Waals surface area (Å²) in [4.78, 5) is 31.5. The molecule has 4 heterocycles. The largest absolute Gasteiger partial charge is 0.455 e. The van der Waals surface area contributed by atoms with E-state index in [1.165, 1.54) is 36.8 Å². The first kappa shape index (κ1) is 33.0. The van der Waals surface area contributed by atoms with Crippen LogP contribution in [0.2, 0.25) is 0 Å². The van der Waals surface area contributed by atoms with Crippen LogP contribution in [0.5, 0.6) is 11.5 Å². The molecule has 2 aromatic carbocycles. The van der Waals surface area contributed by atoms with Crippen molar-refractivity contribution in [3.8, 4) is 11.5 Å². The normalized spacial score (nSPS) is 20.8. The third-order valence-corrected chi connectivity index (χ3v) is 11.1. The summed E-state index contributed by atoms with van der Waals surface area (Å²) in [6.45, 7) is 10.5. The monoisotopic (exact) mass is 659 g/mol. The number of piperazine rings is 1. The number of nitrogens with zero attached hydrogens (tertiary/aromatic N) is 5. The highest BCUT2D eigenvalue weighted by Gasteiger charge is 2.50. The standard InChI is InChI=1S/C40H49N7O2/c1-28(2)35-6-4-5-7-36(35)37-26-45(25-29(22-41)23-42-3)16-17-47(37)33-20-40(21-33)11-14-46(15-12-40)32-9-8-31(27-48)38(19-32)49-34-18-30-10-13-43-39(30)44-24-34/h4-10,13,18-19,22-24,27-28,33,37H,11-12,14-17,20-21,25-26,41H2,1-3H3,(H,43,44)/t37-/m1/s1. The molecule has 256 valence electrons. The quantitative estimate of drug-likeness (QED) is 0.140. The van der Waals surface area contributed by atoms with Gasteiger partial charge >= 0.3 is 0 Å². The van der Waals surface area contributed by atoms with Crippen molar-refractivity contribution in [2.75, 3.05) is 51.2 Å². The number of aldehydes is 1. The van der Waals surface area contributed by atoms with E-state index in [9.17, 15) is 4.79 Å². The van der Waals surface area contributed by atoms with E-state index in [1.54, 1.807) is 19.4 Å². The van der Waals surface area contributed by atoms with Crippen molar-refractivity contribution in [1.82, 2.24) is 19.8 Å². The Labute approximate surface area is 289 Å². The van der Waals surface area contributed by atoms with Gasteiger partial charge in [0.2, 0.25) is 0 Å². The molecule has 0 radical (unpaired) electrons. The lowest BCUT2D eigenvalue weighted by atomic mass is 9.59. The van der Waals surface area contributed by atoms with Crippen LogP contribution < -0.4 is 15.4 Å². The zero-order valence-corrected chi connectivity index (χ0v) is 29.0. The van der Waals surface area contributed by atoms with Crippen molar-refractivity contribution in [1.29, 1.82) is 0 Å². The molecule has 9 heteroatoms. The molecule has 9 nitrogen and oxygen atoms in total. The SMILES string of the molecule is CN=CC(=CN)CN1CCN(C2CC3(CCN(c4ccc(C=O)c(Oc5cnc6[nH]ccc6c5)c4)CC3)C2)[C@@H](c2ccccc2C(C)C)C1. The highest BCUT2D eigenvalue weighted by molar-refractivity contribution is 5.82. The number of nitrogens with one attached hydrogen (secondary N) is 1. The molecule has 1 spiro atoms. The van der Waals surface area contributed by atoms with Gasteiger partial charge in [0, 0.05) is 88.0 Å². The molecule has 4 aromatic rings. The fourth-order valence-electron chi connectivity index (χ4n) is 8.44. The highest BCUT2D eigenvalue weighted by atomic mass is 16.5. The maximum Gasteiger partial charge on any atom is 0.153 e. The molecule has 2 saturated heterocycles. The number of aliphatic imine (C=N–C) groups is 1. The van der Waals surface area contributed by atoms with Crippen LogP contribution in [-0.2, 0) is 0 Å². The number of aromatic nitrogens is 2. The maximum absolute atomic E-state index is 11.9. The van der Waals surface area contributed by atoms with Crippen molar-refractivity contribution < 1.29 is 9.53 Å². The van der Waals surface area contributed by atoms with Gasteiger partial charge in [0.1, 0.15) is 17.1 Å². The Hall–Kier alpha value is -4.47. The van der Waals surface area contributed by atoms with Crippen LogP contribution in [-0.4, -0.2) is 84.6 Å². The van der Waals surface area contributed by atoms with E-state index in [1.807, 2.05) is 36.7 Å². The van der Waals surface area contributed by atoms with E-state index in [0.29, 0.717) is 40.5 Å². The number of nitrogens with two attached hydrogens (primary N) is 1. The number of anilines is 1. The summed E-state index contributed by atoms with van der Waals surface area (Å²) >= 11 is 0. The Morgan fingerprint density at radius 2 is 1.92 bits per heavy atom. The van der Waals surface area contributed by atoms with Gasteiger partial charge in [-0.15, -0.1) is 0 Å². The minimum Gasteiger partial charge on any atom is -0.455 e. The van der Waals surface area contributed by atoms with Gasteiger partial charge in [-0.2, -0.15) is 0 Å². The van der Waals surface area contributed by atoms with Crippen LogP contribution in [0.15, 0.2) is 83.8 Å². The topological polar surface area (TPSA) is 103 Å². The fourth-order valence-corrected chi connectivity index (χ4v) is 8.44. The lowest BCUT2D eigenvalue weighted by Crippen LogP contribution is -2.60. The summed E-state index contributed by atoms with van der Waals surface area (Å²) in [5.74, 6) is 1.66. The van der Waals surface area contributed by atoms with Gasteiger partial charge < -0.3 is 20.4 Å². The number of ether oxygens (including phenoxy) is 1. The number of fused-ring (bicyclic) bond motifs is 1. The first-order valence-electron chi connectivity index (χ1n) is 17.7. The lowest BCUT2D eigenvalue weighted by Gasteiger charge is -2.58. The summed E-state index contributed by atoms with van der Waals surface area (Å²) in [6, 6.07) is 19.9. The molecule has 1 atom stereocenters. The molecule has 0 bridgehead atoms. The van der Waals surface area contributed by atoms with Crippen molar-refractivity contribution in [3.05, 3.63) is 95.5 Å². The van der Waals surface area contributed by atoms with Crippen LogP contribution in [0.4, 0.5) is 5.69 Å². The number of carbonyl (C=O) groups excluding carboxylic acids is 1. The second-order valence-corrected chi connectivity index (χ2v) is 14.5. The average Bonchev–Trinajstić information content (AvgIpc) is 3.58. The van der Waals surface area contributed by atoms with Gasteiger partial charge in [0.15, 0.2) is 6.29 Å². The highest BCUT2D eigenvalue weighted by Crippen LogP contribution is 2.53. The Bertz CT molecular complexity index is 1830. The van der Waals surface area contributed by atoms with Crippen LogP contribution in [0.3, 0.4) is 0 Å². The van der Waals surface area contributed by atoms with Crippen LogP contribution >= 0.6 is 0 Å². The number of H-pyrrole nitrogens is 1. The third kappa shape index (κ3) is 6.87. The zero-order chi connectivity index (χ0) is 34.0. The summed E-state index contributed by atoms with van der Waals surface area (Å²) in [5, 5.41) is 0.971. The third-order valence-electron chi connectivity index (χ3n) is 11.1. The lowest BCUT2D eigenvalue weighted by molar-refractivity contribution is -0.0603. The Morgan fingerprint density at radius 1 is 1.10 bits per heavy atom. The van der Waals surface area contributed by atoms with Crippen LogP contribution in [0, 0.1) is 5.41 Å². The van der Waals surface area contributed by atoms with E-state index in [2.05, 4.69) is 73.8 Å². The number of hydrogen-bond donors (Lipinski definition) is 2. The van der Waals surface area contributed by atoms with Gasteiger partial charge in [-0.3, -0.25) is 19.6 Å². The summed E-state index contributed by atoms with van der Waals surface area (Å²) in [7, 11) is 1.81. The number of benzene rings is 2. The molecular weight excluding hydrogens is 610 g/mol. The fraction of sp³-hybridized carbons (Fsp3) is 0.425. The minimum atomic E-state index is 0.357. The van der Waals surface area contributed by atoms with E-state index >= 15 is 0 Å². The second-order valence-electron chi connectivity index (χ2n) is 14.5. The van der Waals surface area contributed by atoms with Gasteiger partial charge in [0.25, 0.3) is 0 Å². The molecule has 49 heavy (non-hydrogen) atoms. The zero-order valence-electron chi connectivity index (χ0n) is 29.0. The number of aromatic amines is 1. The Kier molecular flexibility index (Phi) is 9.56. The number of hydrogen-bond acceptors (Lipinski definition) is 8. The van der Waals surface area contributed by atoms with E-state index < -0.39 is 0 Å². The number of rotatable bonds is 10. The minimum absolute atomic E-state index is 0.357. The van der Waals surface area contributed by atoms with Gasteiger partial charge in [-0.25, -0.2) is 4.98 Å². The first-order chi connectivity index (χ1) is 23.9. The van der Waals surface area contributed by atoms with Gasteiger partial charge in [-0.1, -0.05) is 38.1 Å². The molecular formula is C40H49N7O2. The smallest absolute Gasteiger partial charge is 0.153 e. The van der Waals surface area contributed by atoms with Crippen molar-refractivity contribution in [2.24, 2.45) is 16.1 Å². The van der Waals surface area contributed by atoms with Gasteiger partial charge in [0.05, 0.1) is 11.8 Å². The molecule has 0 amide bonds. The summed E-state index contributed by atoms with van der Waals surface area (Å²) < 4.78 is 6.22. The van der Waals surface area contributed by atoms with E-state index in [-0.39, 0.29) is 0 Å².